The Bertz CT molecular complexity index is 1070. The van der Waals surface area contributed by atoms with Crippen LogP contribution in [0.15, 0.2) is 36.7 Å². The molecule has 4 bridgehead atoms. The molecule has 0 radical (unpaired) electrons. The van der Waals surface area contributed by atoms with Crippen LogP contribution in [0.3, 0.4) is 0 Å². The molecule has 0 aliphatic heterocycles. The Labute approximate surface area is 176 Å². The topological polar surface area (TPSA) is 60.7 Å². The number of methoxy groups -OCH3 is 2. The van der Waals surface area contributed by atoms with Crippen molar-refractivity contribution >= 4 is 11.5 Å². The van der Waals surface area contributed by atoms with E-state index in [-0.39, 0.29) is 5.54 Å². The number of hydrogen-bond acceptors (Lipinski definition) is 5. The van der Waals surface area contributed by atoms with E-state index in [1.54, 1.807) is 14.2 Å². The minimum Gasteiger partial charge on any atom is -0.493 e. The van der Waals surface area contributed by atoms with Crippen molar-refractivity contribution in [1.82, 2.24) is 14.6 Å². The summed E-state index contributed by atoms with van der Waals surface area (Å²) in [5.41, 5.74) is 3.10. The van der Waals surface area contributed by atoms with E-state index in [0.29, 0.717) is 5.75 Å². The Morgan fingerprint density at radius 3 is 2.33 bits per heavy atom. The van der Waals surface area contributed by atoms with E-state index in [0.717, 1.165) is 46.1 Å². The fraction of sp³-hybridized carbons (Fsp3) is 0.500. The molecule has 0 spiro atoms. The van der Waals surface area contributed by atoms with Crippen LogP contribution in [0, 0.1) is 17.8 Å². The molecule has 7 rings (SSSR count). The van der Waals surface area contributed by atoms with Crippen LogP contribution in [0.25, 0.3) is 16.8 Å². The second-order valence-corrected chi connectivity index (χ2v) is 9.53. The van der Waals surface area contributed by atoms with Crippen LogP contribution < -0.4 is 14.8 Å². The minimum atomic E-state index is 0.240. The monoisotopic (exact) mass is 404 g/mol. The predicted octanol–water partition coefficient (Wildman–Crippen LogP) is 4.79. The number of nitrogens with zero attached hydrogens (tertiary/aromatic N) is 3. The molecular formula is C24H28N4O2. The van der Waals surface area contributed by atoms with E-state index in [1.807, 2.05) is 35.1 Å². The molecule has 0 atom stereocenters. The number of rotatable bonds is 5. The smallest absolute Gasteiger partial charge is 0.165 e. The van der Waals surface area contributed by atoms with Crippen molar-refractivity contribution < 1.29 is 9.47 Å². The molecule has 4 aliphatic carbocycles. The number of nitrogens with one attached hydrogen (secondary N) is 1. The van der Waals surface area contributed by atoms with Crippen molar-refractivity contribution in [2.45, 2.75) is 44.1 Å². The summed E-state index contributed by atoms with van der Waals surface area (Å²) in [6.07, 6.45) is 12.1. The second kappa shape index (κ2) is 6.62. The maximum atomic E-state index is 5.48. The first-order valence-electron chi connectivity index (χ1n) is 11.0. The number of ether oxygens (including phenoxy) is 2. The third kappa shape index (κ3) is 2.84. The average molecular weight is 405 g/mol. The first-order valence-corrected chi connectivity index (χ1v) is 11.0. The Kier molecular flexibility index (Phi) is 3.98. The molecule has 30 heavy (non-hydrogen) atoms. The van der Waals surface area contributed by atoms with Gasteiger partial charge in [0, 0.05) is 17.3 Å². The summed E-state index contributed by atoms with van der Waals surface area (Å²) in [7, 11) is 3.31. The molecule has 2 heterocycles. The molecule has 6 nitrogen and oxygen atoms in total. The Morgan fingerprint density at radius 1 is 0.967 bits per heavy atom. The van der Waals surface area contributed by atoms with Gasteiger partial charge in [-0.25, -0.2) is 9.50 Å². The Morgan fingerprint density at radius 2 is 1.67 bits per heavy atom. The van der Waals surface area contributed by atoms with Crippen LogP contribution in [0.4, 0.5) is 5.82 Å². The maximum absolute atomic E-state index is 5.48. The van der Waals surface area contributed by atoms with Crippen LogP contribution in [-0.4, -0.2) is 34.4 Å². The van der Waals surface area contributed by atoms with Gasteiger partial charge in [0.25, 0.3) is 0 Å². The molecule has 156 valence electrons. The van der Waals surface area contributed by atoms with Crippen molar-refractivity contribution in [3.8, 4) is 22.6 Å². The second-order valence-electron chi connectivity index (χ2n) is 9.53. The largest absolute Gasteiger partial charge is 0.493 e. The summed E-state index contributed by atoms with van der Waals surface area (Å²) in [5, 5.41) is 8.41. The van der Waals surface area contributed by atoms with Gasteiger partial charge in [-0.2, -0.15) is 5.10 Å². The maximum Gasteiger partial charge on any atom is 0.165 e. The molecule has 4 fully saturated rings. The summed E-state index contributed by atoms with van der Waals surface area (Å²) in [6, 6.07) is 8.00. The molecule has 4 aliphatic rings. The number of hydrogen-bond donors (Lipinski definition) is 1. The van der Waals surface area contributed by atoms with Gasteiger partial charge in [0.05, 0.1) is 20.4 Å². The van der Waals surface area contributed by atoms with Gasteiger partial charge in [0.15, 0.2) is 17.1 Å². The molecule has 0 saturated heterocycles. The predicted molar refractivity (Wildman–Crippen MR) is 116 cm³/mol. The summed E-state index contributed by atoms with van der Waals surface area (Å²) in [4.78, 5) is 5.00. The van der Waals surface area contributed by atoms with E-state index in [1.165, 1.54) is 38.5 Å². The molecule has 4 saturated carbocycles. The van der Waals surface area contributed by atoms with Crippen LogP contribution in [-0.2, 0) is 0 Å². The normalized spacial score (nSPS) is 29.3. The lowest BCUT2D eigenvalue weighted by Crippen LogP contribution is -2.54. The number of aromatic nitrogens is 3. The van der Waals surface area contributed by atoms with E-state index < -0.39 is 0 Å². The van der Waals surface area contributed by atoms with Gasteiger partial charge in [-0.3, -0.25) is 0 Å². The summed E-state index contributed by atoms with van der Waals surface area (Å²) in [6.45, 7) is 0. The first-order chi connectivity index (χ1) is 14.6. The van der Waals surface area contributed by atoms with Gasteiger partial charge in [0.1, 0.15) is 5.82 Å². The fourth-order valence-electron chi connectivity index (χ4n) is 6.68. The zero-order chi connectivity index (χ0) is 20.3. The Hall–Kier alpha value is -2.76. The van der Waals surface area contributed by atoms with Gasteiger partial charge >= 0.3 is 0 Å². The van der Waals surface area contributed by atoms with Crippen LogP contribution in [0.2, 0.25) is 0 Å². The highest BCUT2D eigenvalue weighted by molar-refractivity contribution is 5.79. The number of anilines is 1. The Balaban J connectivity index is 1.35. The summed E-state index contributed by atoms with van der Waals surface area (Å²) >= 11 is 0. The molecule has 0 amide bonds. The molecule has 1 aromatic carbocycles. The zero-order valence-electron chi connectivity index (χ0n) is 17.6. The molecule has 3 aromatic rings. The van der Waals surface area contributed by atoms with Crippen molar-refractivity contribution in [3.05, 3.63) is 36.7 Å². The van der Waals surface area contributed by atoms with E-state index in [4.69, 9.17) is 14.5 Å². The average Bonchev–Trinajstić information content (AvgIpc) is 3.15. The fourth-order valence-corrected chi connectivity index (χ4v) is 6.68. The lowest BCUT2D eigenvalue weighted by Gasteiger charge is -2.57. The van der Waals surface area contributed by atoms with Crippen molar-refractivity contribution in [2.24, 2.45) is 17.8 Å². The summed E-state index contributed by atoms with van der Waals surface area (Å²) < 4.78 is 12.7. The lowest BCUT2D eigenvalue weighted by atomic mass is 9.53. The van der Waals surface area contributed by atoms with Crippen LogP contribution in [0.5, 0.6) is 11.5 Å². The highest BCUT2D eigenvalue weighted by Crippen LogP contribution is 2.56. The SMILES string of the molecule is COc1ccc(-c2cnn3ccc(NC45CC6CC(CC(C6)C4)C5)nc23)cc1OC. The van der Waals surface area contributed by atoms with E-state index in [9.17, 15) is 0 Å². The highest BCUT2D eigenvalue weighted by atomic mass is 16.5. The molecule has 2 aromatic heterocycles. The quantitative estimate of drug-likeness (QED) is 0.662. The molecule has 0 unspecified atom stereocenters. The summed E-state index contributed by atoms with van der Waals surface area (Å²) in [5.74, 6) is 5.11. The molecule has 6 heteroatoms. The van der Waals surface area contributed by atoms with Gasteiger partial charge in [-0.1, -0.05) is 6.07 Å². The zero-order valence-corrected chi connectivity index (χ0v) is 17.6. The standard InChI is InChI=1S/C24H28N4O2/c1-29-20-4-3-18(10-21(20)30-2)19-14-25-28-6-5-22(26-23(19)28)27-24-11-15-7-16(12-24)9-17(8-15)13-24/h3-6,10,14-17H,7-9,11-13H2,1-2H3,(H,26,27). The minimum absolute atomic E-state index is 0.240. The van der Waals surface area contributed by atoms with Crippen molar-refractivity contribution in [1.29, 1.82) is 0 Å². The molecule has 1 N–H and O–H groups in total. The van der Waals surface area contributed by atoms with Crippen LogP contribution in [0.1, 0.15) is 38.5 Å². The van der Waals surface area contributed by atoms with E-state index in [2.05, 4.69) is 16.5 Å². The molecular weight excluding hydrogens is 376 g/mol. The highest BCUT2D eigenvalue weighted by Gasteiger charge is 2.51. The number of benzene rings is 1. The third-order valence-corrected chi connectivity index (χ3v) is 7.50. The van der Waals surface area contributed by atoms with Crippen molar-refractivity contribution in [3.63, 3.8) is 0 Å². The van der Waals surface area contributed by atoms with Gasteiger partial charge < -0.3 is 14.8 Å². The van der Waals surface area contributed by atoms with Gasteiger partial charge in [-0.15, -0.1) is 0 Å². The van der Waals surface area contributed by atoms with E-state index >= 15 is 0 Å². The van der Waals surface area contributed by atoms with Gasteiger partial charge in [0.2, 0.25) is 0 Å². The lowest BCUT2D eigenvalue weighted by molar-refractivity contribution is 0.0105. The first kappa shape index (κ1) is 18.0. The van der Waals surface area contributed by atoms with Gasteiger partial charge in [-0.05, 0) is 80.0 Å². The number of fused-ring (bicyclic) bond motifs is 1. The van der Waals surface area contributed by atoms with Crippen molar-refractivity contribution in [2.75, 3.05) is 19.5 Å². The third-order valence-electron chi connectivity index (χ3n) is 7.50. The van der Waals surface area contributed by atoms with Crippen LogP contribution >= 0.6 is 0 Å².